The number of pyridine rings is 1. The molecule has 1 aliphatic rings. The van der Waals surface area contributed by atoms with E-state index >= 15 is 0 Å². The normalized spacial score (nSPS) is 13.4. The van der Waals surface area contributed by atoms with Gasteiger partial charge in [0.1, 0.15) is 12.4 Å². The summed E-state index contributed by atoms with van der Waals surface area (Å²) in [6.07, 6.45) is 3.40. The second kappa shape index (κ2) is 4.72. The van der Waals surface area contributed by atoms with Gasteiger partial charge >= 0.3 is 5.97 Å². The monoisotopic (exact) mass is 255 g/mol. The number of rotatable bonds is 2. The molecule has 2 aromatic rings. The van der Waals surface area contributed by atoms with Crippen LogP contribution in [0, 0.1) is 0 Å². The van der Waals surface area contributed by atoms with Gasteiger partial charge in [-0.1, -0.05) is 12.1 Å². The number of ether oxygens (including phenoxy) is 2. The van der Waals surface area contributed by atoms with Gasteiger partial charge in [-0.05, 0) is 25.1 Å². The standard InChI is InChI=1S/C15H13NO3/c1-2-18-15(17)10-7-8-19-14-11-5-3-4-6-13(11)16-9-12(10)14/h3-7,9H,2,8H2,1H3. The van der Waals surface area contributed by atoms with E-state index in [4.69, 9.17) is 9.47 Å². The highest BCUT2D eigenvalue weighted by Gasteiger charge is 2.23. The van der Waals surface area contributed by atoms with Crippen LogP contribution in [0.2, 0.25) is 0 Å². The van der Waals surface area contributed by atoms with Gasteiger partial charge in [-0.3, -0.25) is 4.98 Å². The van der Waals surface area contributed by atoms with Crippen molar-refractivity contribution >= 4 is 22.4 Å². The zero-order chi connectivity index (χ0) is 13.2. The third-order valence-electron chi connectivity index (χ3n) is 3.03. The number of hydrogen-bond donors (Lipinski definition) is 0. The van der Waals surface area contributed by atoms with Crippen LogP contribution in [-0.2, 0) is 9.53 Å². The highest BCUT2D eigenvalue weighted by molar-refractivity contribution is 6.18. The predicted molar refractivity (Wildman–Crippen MR) is 71.8 cm³/mol. The van der Waals surface area contributed by atoms with Crippen molar-refractivity contribution in [1.82, 2.24) is 4.98 Å². The largest absolute Gasteiger partial charge is 0.488 e. The molecule has 4 heteroatoms. The van der Waals surface area contributed by atoms with Crippen LogP contribution in [0.1, 0.15) is 12.5 Å². The molecule has 1 aromatic carbocycles. The summed E-state index contributed by atoms with van der Waals surface area (Å²) in [6.45, 7) is 2.51. The Bertz CT molecular complexity index is 676. The number of esters is 1. The first-order valence-corrected chi connectivity index (χ1v) is 6.19. The Kier molecular flexibility index (Phi) is 2.91. The molecule has 0 aliphatic carbocycles. The van der Waals surface area contributed by atoms with Gasteiger partial charge in [0, 0.05) is 17.1 Å². The van der Waals surface area contributed by atoms with E-state index in [1.165, 1.54) is 0 Å². The van der Waals surface area contributed by atoms with Gasteiger partial charge in [0.2, 0.25) is 0 Å². The lowest BCUT2D eigenvalue weighted by molar-refractivity contribution is -0.136. The molecule has 0 fully saturated rings. The molecular weight excluding hydrogens is 242 g/mol. The minimum absolute atomic E-state index is 0.330. The van der Waals surface area contributed by atoms with E-state index in [1.807, 2.05) is 24.3 Å². The fourth-order valence-corrected chi connectivity index (χ4v) is 2.18. The van der Waals surface area contributed by atoms with E-state index in [0.29, 0.717) is 30.1 Å². The molecule has 0 spiro atoms. The van der Waals surface area contributed by atoms with Crippen molar-refractivity contribution in [2.45, 2.75) is 6.92 Å². The molecule has 0 unspecified atom stereocenters. The topological polar surface area (TPSA) is 48.4 Å². The van der Waals surface area contributed by atoms with Gasteiger partial charge in [0.15, 0.2) is 0 Å². The third kappa shape index (κ3) is 1.95. The van der Waals surface area contributed by atoms with Crippen molar-refractivity contribution in [3.63, 3.8) is 0 Å². The summed E-state index contributed by atoms with van der Waals surface area (Å²) >= 11 is 0. The van der Waals surface area contributed by atoms with Crippen molar-refractivity contribution in [3.05, 3.63) is 42.1 Å². The second-order valence-corrected chi connectivity index (χ2v) is 4.17. The number of nitrogens with zero attached hydrogens (tertiary/aromatic N) is 1. The molecule has 0 amide bonds. The summed E-state index contributed by atoms with van der Waals surface area (Å²) in [7, 11) is 0. The van der Waals surface area contributed by atoms with Gasteiger partial charge in [0.25, 0.3) is 0 Å². The van der Waals surface area contributed by atoms with E-state index in [2.05, 4.69) is 4.98 Å². The van der Waals surface area contributed by atoms with Gasteiger partial charge in [-0.2, -0.15) is 0 Å². The summed E-state index contributed by atoms with van der Waals surface area (Å²) < 4.78 is 10.7. The molecule has 96 valence electrons. The fourth-order valence-electron chi connectivity index (χ4n) is 2.18. The van der Waals surface area contributed by atoms with E-state index in [0.717, 1.165) is 10.9 Å². The van der Waals surface area contributed by atoms with Crippen molar-refractivity contribution in [2.75, 3.05) is 13.2 Å². The van der Waals surface area contributed by atoms with E-state index in [9.17, 15) is 4.79 Å². The summed E-state index contributed by atoms with van der Waals surface area (Å²) in [6, 6.07) is 7.71. The minimum atomic E-state index is -0.330. The molecule has 0 bridgehead atoms. The number of para-hydroxylation sites is 1. The minimum Gasteiger partial charge on any atom is -0.488 e. The van der Waals surface area contributed by atoms with Crippen LogP contribution in [0.5, 0.6) is 5.75 Å². The number of aromatic nitrogens is 1. The Hall–Kier alpha value is -2.36. The van der Waals surface area contributed by atoms with Gasteiger partial charge in [0.05, 0.1) is 17.7 Å². The maximum absolute atomic E-state index is 11.9. The Morgan fingerprint density at radius 3 is 3.11 bits per heavy atom. The molecule has 3 rings (SSSR count). The van der Waals surface area contributed by atoms with Crippen LogP contribution in [0.15, 0.2) is 36.5 Å². The summed E-state index contributed by atoms with van der Waals surface area (Å²) in [5.74, 6) is 0.375. The maximum atomic E-state index is 11.9. The molecule has 1 aliphatic heterocycles. The van der Waals surface area contributed by atoms with Crippen molar-refractivity contribution in [2.24, 2.45) is 0 Å². The highest BCUT2D eigenvalue weighted by atomic mass is 16.5. The lowest BCUT2D eigenvalue weighted by Crippen LogP contribution is -2.14. The molecule has 0 saturated carbocycles. The van der Waals surface area contributed by atoms with Crippen molar-refractivity contribution in [1.29, 1.82) is 0 Å². The lowest BCUT2D eigenvalue weighted by Gasteiger charge is -2.18. The van der Waals surface area contributed by atoms with Crippen LogP contribution in [-0.4, -0.2) is 24.2 Å². The average Bonchev–Trinajstić information content (AvgIpc) is 2.46. The van der Waals surface area contributed by atoms with Gasteiger partial charge < -0.3 is 9.47 Å². The predicted octanol–water partition coefficient (Wildman–Crippen LogP) is 2.57. The van der Waals surface area contributed by atoms with E-state index in [1.54, 1.807) is 19.2 Å². The zero-order valence-electron chi connectivity index (χ0n) is 10.6. The first kappa shape index (κ1) is 11.7. The average molecular weight is 255 g/mol. The molecular formula is C15H13NO3. The first-order valence-electron chi connectivity index (χ1n) is 6.19. The van der Waals surface area contributed by atoms with Crippen LogP contribution in [0.3, 0.4) is 0 Å². The van der Waals surface area contributed by atoms with Crippen molar-refractivity contribution in [3.8, 4) is 5.75 Å². The molecule has 2 heterocycles. The van der Waals surface area contributed by atoms with Crippen LogP contribution >= 0.6 is 0 Å². The molecule has 0 atom stereocenters. The summed E-state index contributed by atoms with van der Waals surface area (Å²) in [4.78, 5) is 16.3. The molecule has 1 aromatic heterocycles. The number of benzene rings is 1. The molecule has 0 radical (unpaired) electrons. The Labute approximate surface area is 110 Å². The SMILES string of the molecule is CCOC(=O)C1=CCOc2c1cnc1ccccc21. The number of carbonyl (C=O) groups excluding carboxylic acids is 1. The quantitative estimate of drug-likeness (QED) is 0.774. The smallest absolute Gasteiger partial charge is 0.338 e. The number of hydrogen-bond acceptors (Lipinski definition) is 4. The van der Waals surface area contributed by atoms with E-state index < -0.39 is 0 Å². The third-order valence-corrected chi connectivity index (χ3v) is 3.03. The summed E-state index contributed by atoms with van der Waals surface area (Å²) in [5.41, 5.74) is 2.08. The Balaban J connectivity index is 2.15. The number of carbonyl (C=O) groups is 1. The number of fused-ring (bicyclic) bond motifs is 3. The lowest BCUT2D eigenvalue weighted by atomic mass is 10.0. The van der Waals surface area contributed by atoms with Crippen LogP contribution in [0.25, 0.3) is 16.5 Å². The van der Waals surface area contributed by atoms with Gasteiger partial charge in [-0.25, -0.2) is 4.79 Å². The zero-order valence-corrected chi connectivity index (χ0v) is 10.6. The Morgan fingerprint density at radius 1 is 1.42 bits per heavy atom. The Morgan fingerprint density at radius 2 is 2.26 bits per heavy atom. The summed E-state index contributed by atoms with van der Waals surface area (Å²) in [5, 5.41) is 0.912. The molecule has 0 N–H and O–H groups in total. The molecule has 19 heavy (non-hydrogen) atoms. The highest BCUT2D eigenvalue weighted by Crippen LogP contribution is 2.35. The first-order chi connectivity index (χ1) is 9.31. The van der Waals surface area contributed by atoms with Crippen LogP contribution in [0.4, 0.5) is 0 Å². The maximum Gasteiger partial charge on any atom is 0.338 e. The van der Waals surface area contributed by atoms with Crippen molar-refractivity contribution < 1.29 is 14.3 Å². The van der Waals surface area contributed by atoms with Gasteiger partial charge in [-0.15, -0.1) is 0 Å². The van der Waals surface area contributed by atoms with E-state index in [-0.39, 0.29) is 5.97 Å². The fraction of sp³-hybridized carbons (Fsp3) is 0.200. The molecule has 4 nitrogen and oxygen atoms in total. The van der Waals surface area contributed by atoms with Crippen LogP contribution < -0.4 is 4.74 Å². The molecule has 0 saturated heterocycles. The second-order valence-electron chi connectivity index (χ2n) is 4.17.